The van der Waals surface area contributed by atoms with Crippen molar-refractivity contribution in [2.75, 3.05) is 31.3 Å². The third-order valence-corrected chi connectivity index (χ3v) is 5.13. The molecule has 1 aromatic carbocycles. The standard InChI is InChI=1S/C16H22N2O2S/c19-16(20-12-14-5-2-1-3-6-14)18-8-4-7-15(18)11-17-9-10-21-13-17/h1-3,5-6,15H,4,7-13H2/t15-/m0/s1. The second kappa shape index (κ2) is 7.18. The normalized spacial score (nSPS) is 22.7. The van der Waals surface area contributed by atoms with E-state index in [0.29, 0.717) is 12.6 Å². The lowest BCUT2D eigenvalue weighted by molar-refractivity contribution is 0.0864. The van der Waals surface area contributed by atoms with Crippen LogP contribution in [0, 0.1) is 0 Å². The van der Waals surface area contributed by atoms with E-state index in [4.69, 9.17) is 4.74 Å². The molecule has 4 nitrogen and oxygen atoms in total. The van der Waals surface area contributed by atoms with Crippen LogP contribution in [0.2, 0.25) is 0 Å². The molecule has 2 aliphatic heterocycles. The van der Waals surface area contributed by atoms with Crippen LogP contribution in [0.3, 0.4) is 0 Å². The van der Waals surface area contributed by atoms with Gasteiger partial charge in [0.2, 0.25) is 0 Å². The fraction of sp³-hybridized carbons (Fsp3) is 0.562. The quantitative estimate of drug-likeness (QED) is 0.856. The number of amides is 1. The van der Waals surface area contributed by atoms with Crippen LogP contribution in [0.25, 0.3) is 0 Å². The largest absolute Gasteiger partial charge is 0.445 e. The van der Waals surface area contributed by atoms with Crippen LogP contribution in [0.4, 0.5) is 4.79 Å². The zero-order valence-electron chi connectivity index (χ0n) is 12.2. The van der Waals surface area contributed by atoms with Crippen molar-refractivity contribution in [1.82, 2.24) is 9.80 Å². The van der Waals surface area contributed by atoms with E-state index < -0.39 is 0 Å². The number of rotatable bonds is 4. The minimum absolute atomic E-state index is 0.159. The van der Waals surface area contributed by atoms with Crippen molar-refractivity contribution in [3.63, 3.8) is 0 Å². The van der Waals surface area contributed by atoms with Crippen molar-refractivity contribution < 1.29 is 9.53 Å². The number of likely N-dealkylation sites (tertiary alicyclic amines) is 1. The van der Waals surface area contributed by atoms with Crippen LogP contribution in [0.1, 0.15) is 18.4 Å². The van der Waals surface area contributed by atoms with E-state index in [1.807, 2.05) is 47.0 Å². The Morgan fingerprint density at radius 2 is 2.14 bits per heavy atom. The van der Waals surface area contributed by atoms with Gasteiger partial charge in [0.05, 0.1) is 0 Å². The monoisotopic (exact) mass is 306 g/mol. The van der Waals surface area contributed by atoms with Gasteiger partial charge in [-0.15, -0.1) is 11.8 Å². The van der Waals surface area contributed by atoms with Gasteiger partial charge in [-0.1, -0.05) is 30.3 Å². The van der Waals surface area contributed by atoms with Gasteiger partial charge in [0.15, 0.2) is 0 Å². The molecule has 2 saturated heterocycles. The molecule has 21 heavy (non-hydrogen) atoms. The predicted octanol–water partition coefficient (Wildman–Crippen LogP) is 2.79. The molecule has 2 fully saturated rings. The highest BCUT2D eigenvalue weighted by Crippen LogP contribution is 2.22. The lowest BCUT2D eigenvalue weighted by atomic mass is 10.2. The van der Waals surface area contributed by atoms with Crippen LogP contribution in [-0.2, 0) is 11.3 Å². The van der Waals surface area contributed by atoms with Gasteiger partial charge in [0.25, 0.3) is 0 Å². The van der Waals surface area contributed by atoms with E-state index in [1.54, 1.807) is 0 Å². The molecular weight excluding hydrogens is 284 g/mol. The summed E-state index contributed by atoms with van der Waals surface area (Å²) in [5.41, 5.74) is 1.04. The maximum absolute atomic E-state index is 12.3. The first-order valence-electron chi connectivity index (χ1n) is 7.60. The Labute approximate surface area is 130 Å². The SMILES string of the molecule is O=C(OCc1ccccc1)N1CCC[C@H]1CN1CCSC1. The van der Waals surface area contributed by atoms with Crippen molar-refractivity contribution in [1.29, 1.82) is 0 Å². The number of nitrogens with zero attached hydrogens (tertiary/aromatic N) is 2. The average Bonchev–Trinajstić information content (AvgIpc) is 3.18. The molecule has 0 N–H and O–H groups in total. The van der Waals surface area contributed by atoms with Gasteiger partial charge in [-0.3, -0.25) is 4.90 Å². The molecular formula is C16H22N2O2S. The summed E-state index contributed by atoms with van der Waals surface area (Å²) < 4.78 is 5.47. The number of thioether (sulfide) groups is 1. The first-order chi connectivity index (χ1) is 10.3. The number of hydrogen-bond acceptors (Lipinski definition) is 4. The molecule has 1 atom stereocenters. The third kappa shape index (κ3) is 3.92. The summed E-state index contributed by atoms with van der Waals surface area (Å²) in [4.78, 5) is 16.6. The van der Waals surface area contributed by atoms with Gasteiger partial charge in [-0.2, -0.15) is 0 Å². The van der Waals surface area contributed by atoms with Crippen LogP contribution in [-0.4, -0.2) is 53.2 Å². The average molecular weight is 306 g/mol. The minimum Gasteiger partial charge on any atom is -0.445 e. The molecule has 3 rings (SSSR count). The van der Waals surface area contributed by atoms with E-state index in [1.165, 1.54) is 5.75 Å². The summed E-state index contributed by atoms with van der Waals surface area (Å²) >= 11 is 1.97. The van der Waals surface area contributed by atoms with E-state index in [9.17, 15) is 4.79 Å². The summed E-state index contributed by atoms with van der Waals surface area (Å²) in [7, 11) is 0. The van der Waals surface area contributed by atoms with Crippen LogP contribution >= 0.6 is 11.8 Å². The van der Waals surface area contributed by atoms with Gasteiger partial charge in [0, 0.05) is 37.3 Å². The maximum atomic E-state index is 12.3. The van der Waals surface area contributed by atoms with Crippen LogP contribution in [0.15, 0.2) is 30.3 Å². The first kappa shape index (κ1) is 14.7. The molecule has 0 spiro atoms. The van der Waals surface area contributed by atoms with E-state index in [-0.39, 0.29) is 6.09 Å². The second-order valence-electron chi connectivity index (χ2n) is 5.64. The summed E-state index contributed by atoms with van der Waals surface area (Å²) in [6.07, 6.45) is 2.03. The number of carbonyl (C=O) groups is 1. The highest BCUT2D eigenvalue weighted by Gasteiger charge is 2.31. The molecule has 0 bridgehead atoms. The Kier molecular flexibility index (Phi) is 5.04. The Morgan fingerprint density at radius 1 is 1.29 bits per heavy atom. The van der Waals surface area contributed by atoms with Crippen molar-refractivity contribution in [3.05, 3.63) is 35.9 Å². The number of carbonyl (C=O) groups excluding carboxylic acids is 1. The van der Waals surface area contributed by atoms with Crippen molar-refractivity contribution in [2.45, 2.75) is 25.5 Å². The number of benzene rings is 1. The number of ether oxygens (including phenoxy) is 1. The fourth-order valence-electron chi connectivity index (χ4n) is 2.96. The van der Waals surface area contributed by atoms with Crippen molar-refractivity contribution in [2.24, 2.45) is 0 Å². The zero-order chi connectivity index (χ0) is 14.5. The summed E-state index contributed by atoms with van der Waals surface area (Å²) in [6, 6.07) is 10.2. The fourth-order valence-corrected chi connectivity index (χ4v) is 3.97. The highest BCUT2D eigenvalue weighted by molar-refractivity contribution is 7.99. The number of hydrogen-bond donors (Lipinski definition) is 0. The van der Waals surface area contributed by atoms with Gasteiger partial charge in [-0.25, -0.2) is 4.79 Å². The van der Waals surface area contributed by atoms with Gasteiger partial charge < -0.3 is 9.64 Å². The lowest BCUT2D eigenvalue weighted by Gasteiger charge is -2.27. The molecule has 0 aliphatic carbocycles. The summed E-state index contributed by atoms with van der Waals surface area (Å²) in [5, 5.41) is 0. The Hall–Kier alpha value is -1.20. The van der Waals surface area contributed by atoms with Crippen LogP contribution in [0.5, 0.6) is 0 Å². The minimum atomic E-state index is -0.159. The molecule has 1 aromatic rings. The third-order valence-electron chi connectivity index (χ3n) is 4.11. The highest BCUT2D eigenvalue weighted by atomic mass is 32.2. The molecule has 0 radical (unpaired) electrons. The Bertz CT molecular complexity index is 463. The predicted molar refractivity (Wildman–Crippen MR) is 85.3 cm³/mol. The maximum Gasteiger partial charge on any atom is 0.410 e. The van der Waals surface area contributed by atoms with Gasteiger partial charge in [0.1, 0.15) is 6.61 Å². The smallest absolute Gasteiger partial charge is 0.410 e. The molecule has 0 saturated carbocycles. The molecule has 0 aromatic heterocycles. The molecule has 5 heteroatoms. The second-order valence-corrected chi connectivity index (χ2v) is 6.72. The molecule has 1 amide bonds. The van der Waals surface area contributed by atoms with Crippen molar-refractivity contribution in [3.8, 4) is 0 Å². The Morgan fingerprint density at radius 3 is 2.90 bits per heavy atom. The van der Waals surface area contributed by atoms with E-state index in [2.05, 4.69) is 4.90 Å². The van der Waals surface area contributed by atoms with Gasteiger partial charge in [-0.05, 0) is 18.4 Å². The lowest BCUT2D eigenvalue weighted by Crippen LogP contribution is -2.42. The molecule has 0 unspecified atom stereocenters. The van der Waals surface area contributed by atoms with Gasteiger partial charge >= 0.3 is 6.09 Å². The Balaban J connectivity index is 1.50. The van der Waals surface area contributed by atoms with E-state index in [0.717, 1.165) is 43.9 Å². The molecule has 2 aliphatic rings. The van der Waals surface area contributed by atoms with Crippen molar-refractivity contribution >= 4 is 17.9 Å². The zero-order valence-corrected chi connectivity index (χ0v) is 13.1. The molecule has 2 heterocycles. The molecule has 114 valence electrons. The van der Waals surface area contributed by atoms with Crippen LogP contribution < -0.4 is 0 Å². The summed E-state index contributed by atoms with van der Waals surface area (Å²) in [5.74, 6) is 2.31. The van der Waals surface area contributed by atoms with E-state index >= 15 is 0 Å². The summed E-state index contributed by atoms with van der Waals surface area (Å²) in [6.45, 7) is 3.34. The first-order valence-corrected chi connectivity index (χ1v) is 8.76. The topological polar surface area (TPSA) is 32.8 Å².